The number of hydrogen-bond donors (Lipinski definition) is 1. The van der Waals surface area contributed by atoms with E-state index in [9.17, 15) is 17.6 Å². The van der Waals surface area contributed by atoms with Crippen LogP contribution in [0.1, 0.15) is 21.5 Å². The predicted molar refractivity (Wildman–Crippen MR) is 104 cm³/mol. The number of pyridine rings is 1. The molecule has 3 aromatic rings. The molecule has 0 aliphatic rings. The van der Waals surface area contributed by atoms with Crippen molar-refractivity contribution < 1.29 is 17.6 Å². The van der Waals surface area contributed by atoms with E-state index in [0.717, 1.165) is 5.56 Å². The van der Waals surface area contributed by atoms with Crippen molar-refractivity contribution in [2.24, 2.45) is 0 Å². The molecule has 0 bridgehead atoms. The molecule has 1 N–H and O–H groups in total. The van der Waals surface area contributed by atoms with Gasteiger partial charge in [-0.2, -0.15) is 0 Å². The van der Waals surface area contributed by atoms with Gasteiger partial charge in [0.1, 0.15) is 5.82 Å². The van der Waals surface area contributed by atoms with Gasteiger partial charge in [0.15, 0.2) is 9.84 Å². The first-order chi connectivity index (χ1) is 13.4. The molecule has 0 unspecified atom stereocenters. The number of carbonyl (C=O) groups is 1. The normalized spacial score (nSPS) is 11.2. The molecule has 0 fully saturated rings. The van der Waals surface area contributed by atoms with E-state index < -0.39 is 15.7 Å². The van der Waals surface area contributed by atoms with Gasteiger partial charge in [-0.15, -0.1) is 0 Å². The second kappa shape index (κ2) is 8.75. The van der Waals surface area contributed by atoms with Crippen LogP contribution in [0.4, 0.5) is 4.39 Å². The number of nitrogens with zero attached hydrogens (tertiary/aromatic N) is 1. The van der Waals surface area contributed by atoms with Gasteiger partial charge in [0.25, 0.3) is 5.91 Å². The van der Waals surface area contributed by atoms with Crippen molar-refractivity contribution in [3.63, 3.8) is 0 Å². The standard InChI is InChI=1S/C21H19FN2O3S/c22-19-5-1-3-17(13-19)15-28(26,27)20-8-6-18(7-9-20)21(25)24-12-10-16-4-2-11-23-14-16/h1-9,11,13-14H,10,12,15H2,(H,24,25). The van der Waals surface area contributed by atoms with Crippen LogP contribution in [-0.2, 0) is 22.0 Å². The molecule has 0 saturated carbocycles. The fraction of sp³-hybridized carbons (Fsp3) is 0.143. The number of rotatable bonds is 7. The predicted octanol–water partition coefficient (Wildman–Crippen LogP) is 3.17. The number of nitrogens with one attached hydrogen (secondary N) is 1. The zero-order chi connectivity index (χ0) is 20.0. The smallest absolute Gasteiger partial charge is 0.251 e. The van der Waals surface area contributed by atoms with E-state index in [4.69, 9.17) is 0 Å². The first-order valence-electron chi connectivity index (χ1n) is 8.68. The highest BCUT2D eigenvalue weighted by atomic mass is 32.2. The van der Waals surface area contributed by atoms with Crippen molar-refractivity contribution in [3.05, 3.63) is 95.6 Å². The van der Waals surface area contributed by atoms with Crippen molar-refractivity contribution in [1.29, 1.82) is 0 Å². The fourth-order valence-corrected chi connectivity index (χ4v) is 4.05. The van der Waals surface area contributed by atoms with E-state index >= 15 is 0 Å². The third-order valence-corrected chi connectivity index (χ3v) is 5.85. The summed E-state index contributed by atoms with van der Waals surface area (Å²) in [7, 11) is -3.63. The molecule has 1 amide bonds. The second-order valence-corrected chi connectivity index (χ2v) is 8.27. The Hall–Kier alpha value is -3.06. The van der Waals surface area contributed by atoms with E-state index in [1.807, 2.05) is 12.1 Å². The first-order valence-corrected chi connectivity index (χ1v) is 10.3. The highest BCUT2D eigenvalue weighted by Gasteiger charge is 2.16. The molecule has 0 atom stereocenters. The molecule has 1 aromatic heterocycles. The highest BCUT2D eigenvalue weighted by Crippen LogP contribution is 2.18. The summed E-state index contributed by atoms with van der Waals surface area (Å²) in [5.74, 6) is -1.06. The molecule has 1 heterocycles. The number of aromatic nitrogens is 1. The average molecular weight is 398 g/mol. The van der Waals surface area contributed by atoms with Crippen LogP contribution in [0, 0.1) is 5.82 Å². The van der Waals surface area contributed by atoms with E-state index in [1.54, 1.807) is 18.5 Å². The number of carbonyl (C=O) groups excluding carboxylic acids is 1. The fourth-order valence-electron chi connectivity index (χ4n) is 2.71. The van der Waals surface area contributed by atoms with Crippen molar-refractivity contribution in [2.75, 3.05) is 6.54 Å². The maximum Gasteiger partial charge on any atom is 0.251 e. The van der Waals surface area contributed by atoms with Gasteiger partial charge >= 0.3 is 0 Å². The summed E-state index contributed by atoms with van der Waals surface area (Å²) in [4.78, 5) is 16.3. The van der Waals surface area contributed by atoms with Crippen LogP contribution in [0.15, 0.2) is 78.0 Å². The number of amides is 1. The van der Waals surface area contributed by atoms with Crippen molar-refractivity contribution >= 4 is 15.7 Å². The van der Waals surface area contributed by atoms with E-state index in [-0.39, 0.29) is 16.6 Å². The largest absolute Gasteiger partial charge is 0.352 e. The summed E-state index contributed by atoms with van der Waals surface area (Å²) < 4.78 is 38.2. The van der Waals surface area contributed by atoms with Gasteiger partial charge in [0.2, 0.25) is 0 Å². The molecule has 7 heteroatoms. The lowest BCUT2D eigenvalue weighted by Crippen LogP contribution is -2.25. The van der Waals surface area contributed by atoms with E-state index in [0.29, 0.717) is 24.1 Å². The van der Waals surface area contributed by atoms with Crippen LogP contribution >= 0.6 is 0 Å². The highest BCUT2D eigenvalue weighted by molar-refractivity contribution is 7.90. The SMILES string of the molecule is O=C(NCCc1cccnc1)c1ccc(S(=O)(=O)Cc2cccc(F)c2)cc1. The molecule has 28 heavy (non-hydrogen) atoms. The van der Waals surface area contributed by atoms with Gasteiger partial charge in [-0.05, 0) is 60.0 Å². The number of benzene rings is 2. The molecule has 0 radical (unpaired) electrons. The maximum absolute atomic E-state index is 13.3. The van der Waals surface area contributed by atoms with Gasteiger partial charge in [-0.25, -0.2) is 12.8 Å². The number of halogens is 1. The number of hydrogen-bond acceptors (Lipinski definition) is 4. The summed E-state index contributed by atoms with van der Waals surface area (Å²) in [5, 5.41) is 2.79. The van der Waals surface area contributed by atoms with Crippen LogP contribution < -0.4 is 5.32 Å². The Balaban J connectivity index is 1.61. The van der Waals surface area contributed by atoms with Crippen LogP contribution in [0.3, 0.4) is 0 Å². The molecule has 144 valence electrons. The van der Waals surface area contributed by atoms with Gasteiger partial charge in [-0.3, -0.25) is 9.78 Å². The Morgan fingerprint density at radius 3 is 2.43 bits per heavy atom. The first kappa shape index (κ1) is 19.7. The monoisotopic (exact) mass is 398 g/mol. The topological polar surface area (TPSA) is 76.1 Å². The van der Waals surface area contributed by atoms with Crippen molar-refractivity contribution in [2.45, 2.75) is 17.1 Å². The maximum atomic E-state index is 13.3. The second-order valence-electron chi connectivity index (χ2n) is 6.28. The van der Waals surface area contributed by atoms with Crippen LogP contribution in [-0.4, -0.2) is 25.9 Å². The van der Waals surface area contributed by atoms with Crippen molar-refractivity contribution in [1.82, 2.24) is 10.3 Å². The minimum Gasteiger partial charge on any atom is -0.352 e. The molecular weight excluding hydrogens is 379 g/mol. The molecule has 0 spiro atoms. The zero-order valence-corrected chi connectivity index (χ0v) is 15.8. The van der Waals surface area contributed by atoms with Gasteiger partial charge in [0, 0.05) is 24.5 Å². The third-order valence-electron chi connectivity index (χ3n) is 4.14. The number of sulfone groups is 1. The Labute approximate surface area is 163 Å². The van der Waals surface area contributed by atoms with E-state index in [2.05, 4.69) is 10.3 Å². The van der Waals surface area contributed by atoms with Gasteiger partial charge < -0.3 is 5.32 Å². The quantitative estimate of drug-likeness (QED) is 0.663. The lowest BCUT2D eigenvalue weighted by molar-refractivity contribution is 0.0954. The lowest BCUT2D eigenvalue weighted by atomic mass is 10.2. The molecule has 5 nitrogen and oxygen atoms in total. The molecular formula is C21H19FN2O3S. The molecule has 0 aliphatic heterocycles. The Bertz CT molecular complexity index is 1050. The summed E-state index contributed by atoms with van der Waals surface area (Å²) >= 11 is 0. The Kier molecular flexibility index (Phi) is 6.16. The average Bonchev–Trinajstić information content (AvgIpc) is 2.68. The minimum atomic E-state index is -3.63. The minimum absolute atomic E-state index is 0.0867. The van der Waals surface area contributed by atoms with Gasteiger partial charge in [-0.1, -0.05) is 18.2 Å². The van der Waals surface area contributed by atoms with E-state index in [1.165, 1.54) is 42.5 Å². The lowest BCUT2D eigenvalue weighted by Gasteiger charge is -2.08. The molecule has 0 saturated heterocycles. The summed E-state index contributed by atoms with van der Waals surface area (Å²) in [5.41, 5.74) is 1.76. The van der Waals surface area contributed by atoms with Crippen molar-refractivity contribution in [3.8, 4) is 0 Å². The Morgan fingerprint density at radius 2 is 1.75 bits per heavy atom. The van der Waals surface area contributed by atoms with Crippen LogP contribution in [0.5, 0.6) is 0 Å². The summed E-state index contributed by atoms with van der Waals surface area (Å²) in [6.07, 6.45) is 4.08. The zero-order valence-electron chi connectivity index (χ0n) is 15.0. The molecule has 3 rings (SSSR count). The summed E-state index contributed by atoms with van der Waals surface area (Å²) in [6.45, 7) is 0.449. The Morgan fingerprint density at radius 1 is 1.00 bits per heavy atom. The van der Waals surface area contributed by atoms with Crippen LogP contribution in [0.2, 0.25) is 0 Å². The van der Waals surface area contributed by atoms with Gasteiger partial charge in [0.05, 0.1) is 10.6 Å². The molecule has 2 aromatic carbocycles. The van der Waals surface area contributed by atoms with Crippen LogP contribution in [0.25, 0.3) is 0 Å². The summed E-state index contributed by atoms with van der Waals surface area (Å²) in [6, 6.07) is 15.0. The molecule has 0 aliphatic carbocycles. The third kappa shape index (κ3) is 5.23.